The van der Waals surface area contributed by atoms with E-state index in [0.717, 1.165) is 12.8 Å². The second kappa shape index (κ2) is 4.38. The Morgan fingerprint density at radius 3 is 2.69 bits per heavy atom. The third kappa shape index (κ3) is 2.17. The maximum atomic E-state index is 11.6. The van der Waals surface area contributed by atoms with Crippen molar-refractivity contribution in [3.8, 4) is 0 Å². The molecule has 0 saturated carbocycles. The molecule has 16 heavy (non-hydrogen) atoms. The summed E-state index contributed by atoms with van der Waals surface area (Å²) in [5.41, 5.74) is 0.827. The molecular weight excluding hydrogens is 200 g/mol. The maximum Gasteiger partial charge on any atom is 0.166 e. The number of ketones is 1. The summed E-state index contributed by atoms with van der Waals surface area (Å²) in [4.78, 5) is 11.6. The Morgan fingerprint density at radius 1 is 1.38 bits per heavy atom. The summed E-state index contributed by atoms with van der Waals surface area (Å²) < 4.78 is 5.53. The summed E-state index contributed by atoms with van der Waals surface area (Å²) in [5.74, 6) is 0.227. The molecule has 2 atom stereocenters. The molecule has 2 rings (SSSR count). The molecule has 1 aliphatic rings. The van der Waals surface area contributed by atoms with Gasteiger partial charge in [0.1, 0.15) is 5.60 Å². The van der Waals surface area contributed by atoms with Gasteiger partial charge in [0.05, 0.1) is 6.10 Å². The van der Waals surface area contributed by atoms with Gasteiger partial charge in [0.25, 0.3) is 0 Å². The van der Waals surface area contributed by atoms with Crippen molar-refractivity contribution in [2.24, 2.45) is 0 Å². The van der Waals surface area contributed by atoms with Gasteiger partial charge in [0.2, 0.25) is 0 Å². The number of ether oxygens (including phenoxy) is 1. The van der Waals surface area contributed by atoms with E-state index in [4.69, 9.17) is 4.74 Å². The Balaban J connectivity index is 1.84. The van der Waals surface area contributed by atoms with Crippen molar-refractivity contribution in [2.75, 3.05) is 0 Å². The predicted molar refractivity (Wildman–Crippen MR) is 63.3 cm³/mol. The van der Waals surface area contributed by atoms with Crippen LogP contribution in [0.5, 0.6) is 0 Å². The summed E-state index contributed by atoms with van der Waals surface area (Å²) >= 11 is 0. The van der Waals surface area contributed by atoms with Gasteiger partial charge in [-0.15, -0.1) is 0 Å². The van der Waals surface area contributed by atoms with E-state index < -0.39 is 5.60 Å². The topological polar surface area (TPSA) is 29.6 Å². The Labute approximate surface area is 96.6 Å². The van der Waals surface area contributed by atoms with Crippen LogP contribution < -0.4 is 0 Å². The molecule has 0 spiro atoms. The van der Waals surface area contributed by atoms with Crippen LogP contribution in [0.25, 0.3) is 0 Å². The zero-order chi connectivity index (χ0) is 11.6. The normalized spacial score (nSPS) is 27.8. The van der Waals surface area contributed by atoms with Gasteiger partial charge in [0, 0.05) is 6.42 Å². The third-order valence-electron chi connectivity index (χ3n) is 3.36. The van der Waals surface area contributed by atoms with Gasteiger partial charge in [0.15, 0.2) is 5.78 Å². The summed E-state index contributed by atoms with van der Waals surface area (Å²) in [5, 5.41) is 0. The van der Waals surface area contributed by atoms with E-state index in [1.54, 1.807) is 0 Å². The molecule has 1 aliphatic heterocycles. The summed E-state index contributed by atoms with van der Waals surface area (Å²) in [6.45, 7) is 3.80. The van der Waals surface area contributed by atoms with Crippen molar-refractivity contribution in [1.29, 1.82) is 0 Å². The van der Waals surface area contributed by atoms with Crippen LogP contribution in [0.15, 0.2) is 30.3 Å². The minimum atomic E-state index is -0.483. The Morgan fingerprint density at radius 2 is 2.06 bits per heavy atom. The molecule has 0 amide bonds. The van der Waals surface area contributed by atoms with Gasteiger partial charge in [-0.25, -0.2) is 0 Å². The molecule has 0 N–H and O–H groups in total. The van der Waals surface area contributed by atoms with E-state index in [9.17, 15) is 4.79 Å². The fraction of sp³-hybridized carbons (Fsp3) is 0.500. The van der Waals surface area contributed by atoms with Gasteiger partial charge in [-0.05, 0) is 25.3 Å². The van der Waals surface area contributed by atoms with Gasteiger partial charge in [-0.1, -0.05) is 37.3 Å². The molecule has 1 aromatic rings. The standard InChI is InChI=1S/C14H18O2/c1-3-12(15)14(2)13(16-14)10-9-11-7-5-4-6-8-11/h4-8,13H,3,9-10H2,1-2H3/t13-,14-/m0/s1. The SMILES string of the molecule is CCC(=O)[C@]1(C)O[C@H]1CCc1ccccc1. The van der Waals surface area contributed by atoms with Crippen LogP contribution in [-0.2, 0) is 16.0 Å². The molecule has 1 saturated heterocycles. The smallest absolute Gasteiger partial charge is 0.166 e. The third-order valence-corrected chi connectivity index (χ3v) is 3.36. The monoisotopic (exact) mass is 218 g/mol. The van der Waals surface area contributed by atoms with E-state index in [2.05, 4.69) is 12.1 Å². The Hall–Kier alpha value is -1.15. The lowest BCUT2D eigenvalue weighted by molar-refractivity contribution is -0.123. The molecule has 2 heteroatoms. The van der Waals surface area contributed by atoms with Crippen molar-refractivity contribution >= 4 is 5.78 Å². The van der Waals surface area contributed by atoms with Crippen LogP contribution in [0.2, 0.25) is 0 Å². The molecular formula is C14H18O2. The molecule has 1 heterocycles. The van der Waals surface area contributed by atoms with Crippen molar-refractivity contribution in [2.45, 2.75) is 44.8 Å². The van der Waals surface area contributed by atoms with Gasteiger partial charge >= 0.3 is 0 Å². The van der Waals surface area contributed by atoms with E-state index in [-0.39, 0.29) is 11.9 Å². The summed E-state index contributed by atoms with van der Waals surface area (Å²) in [7, 11) is 0. The average molecular weight is 218 g/mol. The minimum Gasteiger partial charge on any atom is -0.358 e. The number of hydrogen-bond acceptors (Lipinski definition) is 2. The lowest BCUT2D eigenvalue weighted by Gasteiger charge is -2.03. The molecule has 0 radical (unpaired) electrons. The highest BCUT2D eigenvalue weighted by molar-refractivity contribution is 5.89. The van der Waals surface area contributed by atoms with Gasteiger partial charge in [-0.2, -0.15) is 0 Å². The van der Waals surface area contributed by atoms with E-state index in [1.165, 1.54) is 5.56 Å². The molecule has 1 aromatic carbocycles. The van der Waals surface area contributed by atoms with Crippen molar-refractivity contribution in [1.82, 2.24) is 0 Å². The largest absolute Gasteiger partial charge is 0.358 e. The maximum absolute atomic E-state index is 11.6. The summed E-state index contributed by atoms with van der Waals surface area (Å²) in [6, 6.07) is 10.3. The van der Waals surface area contributed by atoms with Crippen LogP contribution in [0.3, 0.4) is 0 Å². The number of benzene rings is 1. The molecule has 0 bridgehead atoms. The molecule has 1 fully saturated rings. The number of aryl methyl sites for hydroxylation is 1. The zero-order valence-electron chi connectivity index (χ0n) is 9.90. The zero-order valence-corrected chi connectivity index (χ0v) is 9.90. The fourth-order valence-corrected chi connectivity index (χ4v) is 2.13. The quantitative estimate of drug-likeness (QED) is 0.711. The van der Waals surface area contributed by atoms with E-state index in [1.807, 2.05) is 32.0 Å². The second-order valence-electron chi connectivity index (χ2n) is 4.51. The van der Waals surface area contributed by atoms with Crippen molar-refractivity contribution in [3.63, 3.8) is 0 Å². The summed E-state index contributed by atoms with van der Waals surface area (Å²) in [6.07, 6.45) is 2.61. The number of Topliss-reactive ketones (excluding diaryl/α,β-unsaturated/α-hetero) is 1. The van der Waals surface area contributed by atoms with Crippen LogP contribution in [0, 0.1) is 0 Å². The second-order valence-corrected chi connectivity index (χ2v) is 4.51. The minimum absolute atomic E-state index is 0.125. The van der Waals surface area contributed by atoms with Gasteiger partial charge < -0.3 is 4.74 Å². The first kappa shape index (κ1) is 11.3. The van der Waals surface area contributed by atoms with Crippen LogP contribution >= 0.6 is 0 Å². The Kier molecular flexibility index (Phi) is 3.10. The van der Waals surface area contributed by atoms with Crippen LogP contribution in [-0.4, -0.2) is 17.5 Å². The first-order valence-corrected chi connectivity index (χ1v) is 5.92. The first-order valence-electron chi connectivity index (χ1n) is 5.92. The van der Waals surface area contributed by atoms with E-state index >= 15 is 0 Å². The highest BCUT2D eigenvalue weighted by atomic mass is 16.6. The fourth-order valence-electron chi connectivity index (χ4n) is 2.13. The molecule has 0 unspecified atom stereocenters. The average Bonchev–Trinajstić information content (AvgIpc) is 2.99. The highest BCUT2D eigenvalue weighted by Crippen LogP contribution is 2.40. The number of rotatable bonds is 5. The van der Waals surface area contributed by atoms with Crippen LogP contribution in [0.1, 0.15) is 32.3 Å². The van der Waals surface area contributed by atoms with Crippen LogP contribution in [0.4, 0.5) is 0 Å². The molecule has 2 nitrogen and oxygen atoms in total. The number of carbonyl (C=O) groups excluding carboxylic acids is 1. The predicted octanol–water partition coefficient (Wildman–Crippen LogP) is 2.76. The molecule has 86 valence electrons. The lowest BCUT2D eigenvalue weighted by atomic mass is 9.96. The lowest BCUT2D eigenvalue weighted by Crippen LogP contribution is -2.22. The molecule has 0 aliphatic carbocycles. The number of hydrogen-bond donors (Lipinski definition) is 0. The van der Waals surface area contributed by atoms with Crippen molar-refractivity contribution in [3.05, 3.63) is 35.9 Å². The first-order chi connectivity index (χ1) is 7.66. The van der Waals surface area contributed by atoms with Crippen molar-refractivity contribution < 1.29 is 9.53 Å². The highest BCUT2D eigenvalue weighted by Gasteiger charge is 2.56. The Bertz CT molecular complexity index is 372. The molecule has 0 aromatic heterocycles. The number of carbonyl (C=O) groups is 1. The van der Waals surface area contributed by atoms with E-state index in [0.29, 0.717) is 6.42 Å². The number of epoxide rings is 1. The van der Waals surface area contributed by atoms with Gasteiger partial charge in [-0.3, -0.25) is 4.79 Å².